The number of hydrogen-bond acceptors (Lipinski definition) is 3. The number of anilines is 2. The van der Waals surface area contributed by atoms with Crippen molar-refractivity contribution in [2.24, 2.45) is 0 Å². The quantitative estimate of drug-likeness (QED) is 0.561. The normalized spacial score (nSPS) is 10.4. The Morgan fingerprint density at radius 3 is 2.31 bits per heavy atom. The highest BCUT2D eigenvalue weighted by Gasteiger charge is 2.07. The van der Waals surface area contributed by atoms with Gasteiger partial charge in [-0.1, -0.05) is 36.4 Å². The molecule has 0 saturated carbocycles. The molecule has 0 saturated heterocycles. The molecule has 2 N–H and O–H groups in total. The summed E-state index contributed by atoms with van der Waals surface area (Å²) in [7, 11) is 0. The predicted octanol–water partition coefficient (Wildman–Crippen LogP) is 5.26. The molecule has 0 unspecified atom stereocenters. The van der Waals surface area contributed by atoms with Crippen LogP contribution in [-0.4, -0.2) is 17.6 Å². The Hall–Kier alpha value is -3.12. The maximum atomic E-state index is 13.5. The van der Waals surface area contributed by atoms with E-state index in [1.165, 1.54) is 17.8 Å². The highest BCUT2D eigenvalue weighted by Crippen LogP contribution is 2.17. The topological polar surface area (TPSA) is 58.2 Å². The molecule has 2 amide bonds. The Kier molecular flexibility index (Phi) is 7.03. The smallest absolute Gasteiger partial charge is 0.255 e. The van der Waals surface area contributed by atoms with Crippen LogP contribution in [0.15, 0.2) is 72.8 Å². The Labute approximate surface area is 173 Å². The summed E-state index contributed by atoms with van der Waals surface area (Å²) in [6.45, 7) is 1.67. The van der Waals surface area contributed by atoms with Gasteiger partial charge in [-0.05, 0) is 54.4 Å². The first-order chi connectivity index (χ1) is 14.0. The third-order valence-corrected chi connectivity index (χ3v) is 5.21. The highest BCUT2D eigenvalue weighted by molar-refractivity contribution is 7.99. The molecule has 0 atom stereocenters. The van der Waals surface area contributed by atoms with Gasteiger partial charge in [-0.3, -0.25) is 9.59 Å². The molecule has 0 radical (unpaired) electrons. The minimum atomic E-state index is -0.341. The molecule has 148 valence electrons. The fourth-order valence-electron chi connectivity index (χ4n) is 2.61. The van der Waals surface area contributed by atoms with E-state index in [-0.39, 0.29) is 23.4 Å². The van der Waals surface area contributed by atoms with E-state index in [2.05, 4.69) is 10.6 Å². The summed E-state index contributed by atoms with van der Waals surface area (Å²) in [5, 5.41) is 5.53. The molecule has 0 heterocycles. The van der Waals surface area contributed by atoms with Gasteiger partial charge in [-0.2, -0.15) is 0 Å². The van der Waals surface area contributed by atoms with E-state index in [0.29, 0.717) is 22.6 Å². The van der Waals surface area contributed by atoms with Gasteiger partial charge in [0.1, 0.15) is 5.82 Å². The van der Waals surface area contributed by atoms with E-state index in [1.807, 2.05) is 42.5 Å². The lowest BCUT2D eigenvalue weighted by Crippen LogP contribution is -2.14. The summed E-state index contributed by atoms with van der Waals surface area (Å²) >= 11 is 1.45. The van der Waals surface area contributed by atoms with Gasteiger partial charge in [-0.25, -0.2) is 4.39 Å². The predicted molar refractivity (Wildman–Crippen MR) is 117 cm³/mol. The maximum Gasteiger partial charge on any atom is 0.255 e. The van der Waals surface area contributed by atoms with Crippen LogP contribution in [-0.2, 0) is 10.5 Å². The Bertz CT molecular complexity index is 992. The summed E-state index contributed by atoms with van der Waals surface area (Å²) in [6.07, 6.45) is 0. The summed E-state index contributed by atoms with van der Waals surface area (Å²) in [4.78, 5) is 24.3. The van der Waals surface area contributed by atoms with Crippen molar-refractivity contribution in [3.05, 3.63) is 95.3 Å². The number of aryl methyl sites for hydroxylation is 1. The van der Waals surface area contributed by atoms with Gasteiger partial charge in [0, 0.05) is 22.7 Å². The summed E-state index contributed by atoms with van der Waals surface area (Å²) in [5.74, 6) is 0.200. The van der Waals surface area contributed by atoms with Crippen LogP contribution >= 0.6 is 11.8 Å². The van der Waals surface area contributed by atoms with Crippen LogP contribution < -0.4 is 10.6 Å². The van der Waals surface area contributed by atoms with E-state index < -0.39 is 0 Å². The molecule has 0 spiro atoms. The lowest BCUT2D eigenvalue weighted by molar-refractivity contribution is -0.113. The number of para-hydroxylation sites is 1. The molecule has 3 rings (SSSR count). The number of thioether (sulfide) groups is 1. The molecule has 0 aliphatic carbocycles. The van der Waals surface area contributed by atoms with Crippen molar-refractivity contribution < 1.29 is 14.0 Å². The van der Waals surface area contributed by atoms with Crippen molar-refractivity contribution in [3.8, 4) is 0 Å². The molecule has 4 nitrogen and oxygen atoms in total. The fraction of sp³-hybridized carbons (Fsp3) is 0.130. The lowest BCUT2D eigenvalue weighted by Gasteiger charge is -2.07. The minimum Gasteiger partial charge on any atom is -0.325 e. The van der Waals surface area contributed by atoms with Crippen molar-refractivity contribution in [2.75, 3.05) is 16.4 Å². The third kappa shape index (κ3) is 6.19. The van der Waals surface area contributed by atoms with Crippen molar-refractivity contribution >= 4 is 35.0 Å². The summed E-state index contributed by atoms with van der Waals surface area (Å²) < 4.78 is 13.5. The van der Waals surface area contributed by atoms with Gasteiger partial charge in [-0.15, -0.1) is 11.8 Å². The number of hydrogen-bond donors (Lipinski definition) is 2. The molecule has 0 bridgehead atoms. The zero-order valence-electron chi connectivity index (χ0n) is 15.9. The number of carbonyl (C=O) groups is 2. The van der Waals surface area contributed by atoms with Crippen molar-refractivity contribution in [3.63, 3.8) is 0 Å². The molecular formula is C23H21FN2O2S. The fourth-order valence-corrected chi connectivity index (χ4v) is 3.39. The molecule has 0 aromatic heterocycles. The van der Waals surface area contributed by atoms with Crippen LogP contribution in [0.2, 0.25) is 0 Å². The minimum absolute atomic E-state index is 0.167. The Balaban J connectivity index is 1.45. The van der Waals surface area contributed by atoms with Gasteiger partial charge in [0.2, 0.25) is 5.91 Å². The second-order valence-corrected chi connectivity index (χ2v) is 7.51. The van der Waals surface area contributed by atoms with Crippen LogP contribution in [0.1, 0.15) is 21.5 Å². The highest BCUT2D eigenvalue weighted by atomic mass is 32.2. The number of amides is 2. The van der Waals surface area contributed by atoms with Crippen LogP contribution in [0.4, 0.5) is 15.8 Å². The van der Waals surface area contributed by atoms with Crippen LogP contribution in [0.3, 0.4) is 0 Å². The van der Waals surface area contributed by atoms with Gasteiger partial charge in [0.05, 0.1) is 5.75 Å². The SMILES string of the molecule is Cc1ccc(NC(=O)CSCc2ccc(C(=O)Nc3ccccc3)cc2)cc1F. The number of benzene rings is 3. The summed E-state index contributed by atoms with van der Waals surface area (Å²) in [5.41, 5.74) is 3.32. The van der Waals surface area contributed by atoms with Gasteiger partial charge in [0.25, 0.3) is 5.91 Å². The molecule has 3 aromatic carbocycles. The lowest BCUT2D eigenvalue weighted by atomic mass is 10.1. The number of nitrogens with one attached hydrogen (secondary N) is 2. The number of halogens is 1. The number of rotatable bonds is 7. The van der Waals surface area contributed by atoms with Crippen molar-refractivity contribution in [2.45, 2.75) is 12.7 Å². The average molecular weight is 408 g/mol. The number of carbonyl (C=O) groups excluding carboxylic acids is 2. The maximum absolute atomic E-state index is 13.5. The van der Waals surface area contributed by atoms with Gasteiger partial charge < -0.3 is 10.6 Å². The van der Waals surface area contributed by atoms with E-state index in [0.717, 1.165) is 11.3 Å². The molecule has 0 aliphatic heterocycles. The molecule has 6 heteroatoms. The van der Waals surface area contributed by atoms with Crippen molar-refractivity contribution in [1.82, 2.24) is 0 Å². The van der Waals surface area contributed by atoms with E-state index in [1.54, 1.807) is 31.2 Å². The first-order valence-electron chi connectivity index (χ1n) is 9.10. The molecule has 29 heavy (non-hydrogen) atoms. The molecule has 3 aromatic rings. The standard InChI is InChI=1S/C23H21FN2O2S/c1-16-7-12-20(13-21(16)24)25-22(27)15-29-14-17-8-10-18(11-9-17)23(28)26-19-5-3-2-4-6-19/h2-13H,14-15H2,1H3,(H,25,27)(H,26,28). The summed E-state index contributed by atoms with van der Waals surface area (Å²) in [6, 6.07) is 21.2. The van der Waals surface area contributed by atoms with E-state index in [9.17, 15) is 14.0 Å². The molecular weight excluding hydrogens is 387 g/mol. The average Bonchev–Trinajstić information content (AvgIpc) is 2.72. The second kappa shape index (κ2) is 9.89. The Morgan fingerprint density at radius 1 is 0.897 bits per heavy atom. The van der Waals surface area contributed by atoms with Gasteiger partial charge >= 0.3 is 0 Å². The first kappa shape index (κ1) is 20.6. The van der Waals surface area contributed by atoms with E-state index in [4.69, 9.17) is 0 Å². The largest absolute Gasteiger partial charge is 0.325 e. The monoisotopic (exact) mass is 408 g/mol. The zero-order valence-corrected chi connectivity index (χ0v) is 16.8. The van der Waals surface area contributed by atoms with Crippen LogP contribution in [0, 0.1) is 12.7 Å². The van der Waals surface area contributed by atoms with Crippen LogP contribution in [0.5, 0.6) is 0 Å². The Morgan fingerprint density at radius 2 is 1.62 bits per heavy atom. The third-order valence-electron chi connectivity index (χ3n) is 4.21. The molecule has 0 aliphatic rings. The second-order valence-electron chi connectivity index (χ2n) is 6.52. The molecule has 0 fully saturated rings. The van der Waals surface area contributed by atoms with Crippen molar-refractivity contribution in [1.29, 1.82) is 0 Å². The van der Waals surface area contributed by atoms with Gasteiger partial charge in [0.15, 0.2) is 0 Å². The van der Waals surface area contributed by atoms with E-state index >= 15 is 0 Å². The first-order valence-corrected chi connectivity index (χ1v) is 10.3. The zero-order chi connectivity index (χ0) is 20.6. The van der Waals surface area contributed by atoms with Crippen LogP contribution in [0.25, 0.3) is 0 Å².